The van der Waals surface area contributed by atoms with E-state index in [0.29, 0.717) is 19.6 Å². The standard InChI is InChI=1S/C5H11ClN2O2S/c6-11(9,10)8-4-1-2-7-3-5-8/h7H,1-5H2. The van der Waals surface area contributed by atoms with E-state index in [2.05, 4.69) is 5.32 Å². The van der Waals surface area contributed by atoms with Crippen molar-refractivity contribution in [3.8, 4) is 0 Å². The van der Waals surface area contributed by atoms with Crippen molar-refractivity contribution in [2.24, 2.45) is 0 Å². The lowest BCUT2D eigenvalue weighted by molar-refractivity contribution is 0.443. The molecule has 0 unspecified atom stereocenters. The lowest BCUT2D eigenvalue weighted by Crippen LogP contribution is -2.30. The summed E-state index contributed by atoms with van der Waals surface area (Å²) in [5, 5.41) is 3.08. The Balaban J connectivity index is 2.57. The monoisotopic (exact) mass is 198 g/mol. The predicted molar refractivity (Wildman–Crippen MR) is 43.8 cm³/mol. The van der Waals surface area contributed by atoms with E-state index in [0.717, 1.165) is 13.0 Å². The average molecular weight is 199 g/mol. The van der Waals surface area contributed by atoms with Crippen LogP contribution in [-0.2, 0) is 9.24 Å². The van der Waals surface area contributed by atoms with Crippen molar-refractivity contribution >= 4 is 19.9 Å². The third kappa shape index (κ3) is 2.94. The largest absolute Gasteiger partial charge is 0.315 e. The van der Waals surface area contributed by atoms with Crippen LogP contribution in [0.3, 0.4) is 0 Å². The van der Waals surface area contributed by atoms with Crippen LogP contribution in [-0.4, -0.2) is 38.9 Å². The Morgan fingerprint density at radius 3 is 2.64 bits per heavy atom. The topological polar surface area (TPSA) is 49.4 Å². The van der Waals surface area contributed by atoms with E-state index < -0.39 is 9.24 Å². The Bertz CT molecular complexity index is 209. The van der Waals surface area contributed by atoms with Crippen molar-refractivity contribution in [2.75, 3.05) is 26.2 Å². The van der Waals surface area contributed by atoms with Gasteiger partial charge in [0, 0.05) is 30.3 Å². The smallest absolute Gasteiger partial charge is 0.299 e. The van der Waals surface area contributed by atoms with Crippen LogP contribution in [0.1, 0.15) is 6.42 Å². The maximum atomic E-state index is 10.8. The molecule has 1 fully saturated rings. The fraction of sp³-hybridized carbons (Fsp3) is 1.00. The van der Waals surface area contributed by atoms with Gasteiger partial charge in [-0.1, -0.05) is 0 Å². The molecule has 0 atom stereocenters. The van der Waals surface area contributed by atoms with Crippen LogP contribution in [0, 0.1) is 0 Å². The average Bonchev–Trinajstić information content (AvgIpc) is 2.10. The summed E-state index contributed by atoms with van der Waals surface area (Å²) in [5.74, 6) is 0. The highest BCUT2D eigenvalue weighted by atomic mass is 35.7. The lowest BCUT2D eigenvalue weighted by Gasteiger charge is -2.13. The fourth-order valence-corrected chi connectivity index (χ4v) is 2.11. The molecule has 0 bridgehead atoms. The quantitative estimate of drug-likeness (QED) is 0.592. The molecule has 11 heavy (non-hydrogen) atoms. The first-order valence-corrected chi connectivity index (χ1v) is 5.78. The van der Waals surface area contributed by atoms with Crippen molar-refractivity contribution in [2.45, 2.75) is 6.42 Å². The lowest BCUT2D eigenvalue weighted by atomic mass is 10.4. The highest BCUT2D eigenvalue weighted by Crippen LogP contribution is 2.07. The van der Waals surface area contributed by atoms with Gasteiger partial charge in [-0.2, -0.15) is 12.7 Å². The maximum absolute atomic E-state index is 10.8. The molecule has 1 rings (SSSR count). The van der Waals surface area contributed by atoms with Crippen molar-refractivity contribution < 1.29 is 8.42 Å². The normalized spacial score (nSPS) is 23.0. The van der Waals surface area contributed by atoms with Crippen molar-refractivity contribution in [3.05, 3.63) is 0 Å². The summed E-state index contributed by atoms with van der Waals surface area (Å²) in [6, 6.07) is 0. The number of hydrogen-bond donors (Lipinski definition) is 1. The van der Waals surface area contributed by atoms with Gasteiger partial charge in [-0.05, 0) is 13.0 Å². The van der Waals surface area contributed by atoms with E-state index in [-0.39, 0.29) is 0 Å². The van der Waals surface area contributed by atoms with Crippen LogP contribution >= 0.6 is 10.7 Å². The highest BCUT2D eigenvalue weighted by Gasteiger charge is 2.19. The molecule has 4 nitrogen and oxygen atoms in total. The predicted octanol–water partition coefficient (Wildman–Crippen LogP) is -0.235. The van der Waals surface area contributed by atoms with Crippen LogP contribution < -0.4 is 5.32 Å². The van der Waals surface area contributed by atoms with Crippen LogP contribution in [0.25, 0.3) is 0 Å². The Hall–Kier alpha value is 0.160. The summed E-state index contributed by atoms with van der Waals surface area (Å²) >= 11 is 0. The molecule has 0 aromatic heterocycles. The van der Waals surface area contributed by atoms with Gasteiger partial charge in [-0.25, -0.2) is 0 Å². The van der Waals surface area contributed by atoms with Crippen molar-refractivity contribution in [1.82, 2.24) is 9.62 Å². The van der Waals surface area contributed by atoms with Gasteiger partial charge in [-0.15, -0.1) is 0 Å². The van der Waals surface area contributed by atoms with E-state index in [4.69, 9.17) is 10.7 Å². The third-order valence-electron chi connectivity index (χ3n) is 1.61. The van der Waals surface area contributed by atoms with Crippen molar-refractivity contribution in [3.63, 3.8) is 0 Å². The molecular weight excluding hydrogens is 188 g/mol. The Labute approximate surface area is 71.1 Å². The van der Waals surface area contributed by atoms with E-state index in [9.17, 15) is 8.42 Å². The second-order valence-corrected chi connectivity index (χ2v) is 4.96. The van der Waals surface area contributed by atoms with Gasteiger partial charge in [0.15, 0.2) is 0 Å². The van der Waals surface area contributed by atoms with E-state index >= 15 is 0 Å². The third-order valence-corrected chi connectivity index (χ3v) is 3.17. The Kier molecular flexibility index (Phi) is 3.12. The number of halogens is 1. The van der Waals surface area contributed by atoms with Gasteiger partial charge in [0.25, 0.3) is 9.24 Å². The molecule has 1 heterocycles. The summed E-state index contributed by atoms with van der Waals surface area (Å²) in [5.41, 5.74) is 0. The summed E-state index contributed by atoms with van der Waals surface area (Å²) in [6.45, 7) is 2.56. The molecule has 1 aliphatic heterocycles. The maximum Gasteiger partial charge on any atom is 0.299 e. The molecule has 1 aliphatic rings. The van der Waals surface area contributed by atoms with Gasteiger partial charge >= 0.3 is 0 Å². The zero-order valence-electron chi connectivity index (χ0n) is 6.09. The molecule has 1 N–H and O–H groups in total. The molecule has 0 aromatic carbocycles. The van der Waals surface area contributed by atoms with Crippen LogP contribution in [0.4, 0.5) is 0 Å². The molecule has 0 aliphatic carbocycles. The van der Waals surface area contributed by atoms with Crippen molar-refractivity contribution in [1.29, 1.82) is 0 Å². The SMILES string of the molecule is O=S(=O)(Cl)N1CCCNCC1. The molecule has 0 amide bonds. The minimum atomic E-state index is -3.48. The molecule has 6 heteroatoms. The first-order chi connectivity index (χ1) is 5.11. The summed E-state index contributed by atoms with van der Waals surface area (Å²) in [6.07, 6.45) is 0.825. The molecule has 0 spiro atoms. The zero-order chi connectivity index (χ0) is 8.32. The molecule has 0 radical (unpaired) electrons. The van der Waals surface area contributed by atoms with Gasteiger partial charge in [-0.3, -0.25) is 0 Å². The van der Waals surface area contributed by atoms with Crippen LogP contribution in [0.15, 0.2) is 0 Å². The number of nitrogens with one attached hydrogen (secondary N) is 1. The first-order valence-electron chi connectivity index (χ1n) is 3.51. The minimum absolute atomic E-state index is 0.478. The summed E-state index contributed by atoms with van der Waals surface area (Å²) in [4.78, 5) is 0. The zero-order valence-corrected chi connectivity index (χ0v) is 7.66. The van der Waals surface area contributed by atoms with Gasteiger partial charge in [0.2, 0.25) is 0 Å². The van der Waals surface area contributed by atoms with E-state index in [1.54, 1.807) is 0 Å². The second kappa shape index (κ2) is 3.71. The Morgan fingerprint density at radius 1 is 1.27 bits per heavy atom. The molecular formula is C5H11ClN2O2S. The van der Waals surface area contributed by atoms with Gasteiger partial charge < -0.3 is 5.32 Å². The second-order valence-electron chi connectivity index (χ2n) is 2.44. The minimum Gasteiger partial charge on any atom is -0.315 e. The van der Waals surface area contributed by atoms with E-state index in [1.165, 1.54) is 4.31 Å². The first kappa shape index (κ1) is 9.25. The number of hydrogen-bond acceptors (Lipinski definition) is 3. The van der Waals surface area contributed by atoms with Crippen LogP contribution in [0.2, 0.25) is 0 Å². The molecule has 0 aromatic rings. The summed E-state index contributed by atoms with van der Waals surface area (Å²) < 4.78 is 22.9. The van der Waals surface area contributed by atoms with E-state index in [1.807, 2.05) is 0 Å². The summed E-state index contributed by atoms with van der Waals surface area (Å²) in [7, 11) is 1.67. The van der Waals surface area contributed by atoms with Gasteiger partial charge in [0.05, 0.1) is 0 Å². The van der Waals surface area contributed by atoms with Crippen LogP contribution in [0.5, 0.6) is 0 Å². The van der Waals surface area contributed by atoms with Gasteiger partial charge in [0.1, 0.15) is 0 Å². The fourth-order valence-electron chi connectivity index (χ4n) is 1.04. The Morgan fingerprint density at radius 2 is 2.00 bits per heavy atom. The number of nitrogens with zero attached hydrogens (tertiary/aromatic N) is 1. The molecule has 1 saturated heterocycles. The highest BCUT2D eigenvalue weighted by molar-refractivity contribution is 8.11. The molecule has 66 valence electrons. The molecule has 0 saturated carbocycles. The number of rotatable bonds is 1.